The molecule has 0 aromatic rings. The third-order valence-corrected chi connectivity index (χ3v) is 2.09. The van der Waals surface area contributed by atoms with E-state index < -0.39 is 16.1 Å². The van der Waals surface area contributed by atoms with Crippen molar-refractivity contribution in [1.29, 1.82) is 0 Å². The van der Waals surface area contributed by atoms with Crippen LogP contribution in [0.5, 0.6) is 0 Å². The van der Waals surface area contributed by atoms with E-state index >= 15 is 0 Å². The van der Waals surface area contributed by atoms with Crippen LogP contribution >= 0.6 is 0 Å². The number of aliphatic carboxylic acids is 1. The molecule has 0 aromatic heterocycles. The molecule has 0 spiro atoms. The summed E-state index contributed by atoms with van der Waals surface area (Å²) in [6.07, 6.45) is 2.87. The van der Waals surface area contributed by atoms with E-state index in [4.69, 9.17) is 9.66 Å². The molecule has 76 valence electrons. The van der Waals surface area contributed by atoms with E-state index in [-0.39, 0.29) is 75.6 Å². The number of hydrogen-bond acceptors (Lipinski definition) is 3. The van der Waals surface area contributed by atoms with Gasteiger partial charge in [0.2, 0.25) is 0 Å². The topological polar surface area (TPSA) is 91.7 Å². The maximum absolute atomic E-state index is 10.2. The molecule has 7 heteroatoms. The van der Waals surface area contributed by atoms with E-state index in [1.54, 1.807) is 0 Å². The van der Waals surface area contributed by atoms with Crippen LogP contribution in [0.2, 0.25) is 0 Å². The molecule has 0 atom stereocenters. The maximum Gasteiger partial charge on any atom is 1.00 e. The number of unbranched alkanes of at least 4 members (excludes halogenated alkanes) is 1. The van der Waals surface area contributed by atoms with Gasteiger partial charge in [0.05, 0.1) is 5.75 Å². The van der Waals surface area contributed by atoms with Gasteiger partial charge in [-0.3, -0.25) is 10.6 Å². The SMILES string of the molecule is CC(=[C-]CCCS(=O)(=O)O)C(=O)O.[K+]. The molecule has 0 saturated carbocycles. The van der Waals surface area contributed by atoms with Crippen molar-refractivity contribution in [1.82, 2.24) is 0 Å². The van der Waals surface area contributed by atoms with Crippen molar-refractivity contribution < 1.29 is 74.3 Å². The summed E-state index contributed by atoms with van der Waals surface area (Å²) in [5.74, 6) is -1.45. The van der Waals surface area contributed by atoms with Crippen molar-refractivity contribution in [3.8, 4) is 0 Å². The average Bonchev–Trinajstić information content (AvgIpc) is 1.95. The molecule has 0 unspecified atom stereocenters. The molecule has 2 N–H and O–H groups in total. The molecule has 0 saturated heterocycles. The van der Waals surface area contributed by atoms with Crippen LogP contribution in [0.3, 0.4) is 0 Å². The molecular formula is C7H11KO5S. The Bertz CT molecular complexity index is 306. The first kappa shape index (κ1) is 17.2. The molecule has 0 radical (unpaired) electrons. The molecule has 14 heavy (non-hydrogen) atoms. The normalized spacial score (nSPS) is 12.0. The summed E-state index contributed by atoms with van der Waals surface area (Å²) in [6, 6.07) is 0. The molecule has 0 fully saturated rings. The summed E-state index contributed by atoms with van der Waals surface area (Å²) in [5, 5.41) is 8.37. The molecule has 0 aliphatic heterocycles. The molecule has 0 heterocycles. The second-order valence-corrected chi connectivity index (χ2v) is 4.07. The van der Waals surface area contributed by atoms with Gasteiger partial charge in [0, 0.05) is 0 Å². The van der Waals surface area contributed by atoms with Crippen LogP contribution in [0, 0.1) is 6.08 Å². The van der Waals surface area contributed by atoms with Gasteiger partial charge in [-0.1, -0.05) is 6.92 Å². The van der Waals surface area contributed by atoms with Gasteiger partial charge in [-0.2, -0.15) is 8.42 Å². The van der Waals surface area contributed by atoms with Gasteiger partial charge < -0.3 is 9.90 Å². The minimum absolute atomic E-state index is 0. The first-order valence-electron chi connectivity index (χ1n) is 3.59. The van der Waals surface area contributed by atoms with Crippen molar-refractivity contribution >= 4 is 16.1 Å². The van der Waals surface area contributed by atoms with Gasteiger partial charge in [0.1, 0.15) is 0 Å². The Morgan fingerprint density at radius 3 is 2.29 bits per heavy atom. The predicted octanol–water partition coefficient (Wildman–Crippen LogP) is -2.51. The standard InChI is InChI=1S/C7H11O5S.K/c1-6(7(8)9)4-2-3-5-13(10,11)12;/h2-3,5H2,1H3,(H,8,9)(H,10,11,12);/q-1;+1. The van der Waals surface area contributed by atoms with Crippen LogP contribution in [-0.4, -0.2) is 29.8 Å². The zero-order valence-electron chi connectivity index (χ0n) is 8.15. The van der Waals surface area contributed by atoms with Gasteiger partial charge >= 0.3 is 51.4 Å². The fourth-order valence-electron chi connectivity index (χ4n) is 0.606. The van der Waals surface area contributed by atoms with Crippen molar-refractivity contribution in [2.75, 3.05) is 5.75 Å². The van der Waals surface area contributed by atoms with E-state index in [1.807, 2.05) is 0 Å². The van der Waals surface area contributed by atoms with Crippen molar-refractivity contribution in [3.63, 3.8) is 0 Å². The molecule has 5 nitrogen and oxygen atoms in total. The van der Waals surface area contributed by atoms with Gasteiger partial charge in [-0.05, 0) is 6.42 Å². The quantitative estimate of drug-likeness (QED) is 0.184. The third kappa shape index (κ3) is 10.8. The third-order valence-electron chi connectivity index (χ3n) is 1.29. The van der Waals surface area contributed by atoms with Crippen LogP contribution in [0.1, 0.15) is 19.8 Å². The number of carbonyl (C=O) groups is 1. The fourth-order valence-corrected chi connectivity index (χ4v) is 1.12. The molecule has 0 bridgehead atoms. The van der Waals surface area contributed by atoms with Crippen LogP contribution in [-0.2, 0) is 14.9 Å². The predicted molar refractivity (Wildman–Crippen MR) is 45.7 cm³/mol. The summed E-state index contributed by atoms with van der Waals surface area (Å²) in [4.78, 5) is 10.2. The molecule has 0 aromatic carbocycles. The second-order valence-electron chi connectivity index (χ2n) is 2.50. The molecular weight excluding hydrogens is 235 g/mol. The molecule has 0 aliphatic carbocycles. The summed E-state index contributed by atoms with van der Waals surface area (Å²) in [7, 11) is -3.94. The van der Waals surface area contributed by atoms with Crippen LogP contribution in [0.4, 0.5) is 0 Å². The largest absolute Gasteiger partial charge is 1.00 e. The fraction of sp³-hybridized carbons (Fsp3) is 0.571. The summed E-state index contributed by atoms with van der Waals surface area (Å²) >= 11 is 0. The van der Waals surface area contributed by atoms with E-state index in [1.165, 1.54) is 6.92 Å². The minimum Gasteiger partial charge on any atom is -0.562 e. The Morgan fingerprint density at radius 1 is 1.43 bits per heavy atom. The maximum atomic E-state index is 10.2. The summed E-state index contributed by atoms with van der Waals surface area (Å²) in [5.41, 5.74) is 0.0512. The van der Waals surface area contributed by atoms with Gasteiger partial charge in [-0.25, -0.2) is 0 Å². The van der Waals surface area contributed by atoms with Crippen molar-refractivity contribution in [2.45, 2.75) is 19.8 Å². The van der Waals surface area contributed by atoms with Gasteiger partial charge in [0.15, 0.2) is 5.97 Å². The van der Waals surface area contributed by atoms with E-state index in [9.17, 15) is 13.2 Å². The monoisotopic (exact) mass is 246 g/mol. The molecule has 0 rings (SSSR count). The number of allylic oxidation sites excluding steroid dienone is 1. The molecule has 0 amide bonds. The zero-order valence-corrected chi connectivity index (χ0v) is 12.1. The number of carboxylic acid groups (broad SMARTS) is 1. The van der Waals surface area contributed by atoms with Crippen molar-refractivity contribution in [3.05, 3.63) is 11.6 Å². The smallest absolute Gasteiger partial charge is 0.562 e. The van der Waals surface area contributed by atoms with Crippen LogP contribution in [0.15, 0.2) is 5.57 Å². The molecule has 0 aliphatic rings. The number of hydrogen-bond donors (Lipinski definition) is 2. The van der Waals surface area contributed by atoms with Gasteiger partial charge in [0.25, 0.3) is 10.1 Å². The average molecular weight is 246 g/mol. The Kier molecular flexibility index (Phi) is 9.77. The number of carboxylic acids is 1. The van der Waals surface area contributed by atoms with Gasteiger partial charge in [-0.15, -0.1) is 12.0 Å². The van der Waals surface area contributed by atoms with E-state index in [0.29, 0.717) is 0 Å². The minimum atomic E-state index is -3.94. The Labute approximate surface area is 126 Å². The van der Waals surface area contributed by atoms with E-state index in [0.717, 1.165) is 0 Å². The Morgan fingerprint density at radius 2 is 1.93 bits per heavy atom. The number of rotatable bonds is 5. The first-order chi connectivity index (χ1) is 5.83. The Hall–Kier alpha value is 0.756. The Balaban J connectivity index is 0. The van der Waals surface area contributed by atoms with E-state index in [2.05, 4.69) is 6.08 Å². The zero-order chi connectivity index (χ0) is 10.5. The van der Waals surface area contributed by atoms with Crippen molar-refractivity contribution in [2.24, 2.45) is 0 Å². The van der Waals surface area contributed by atoms with Crippen LogP contribution < -0.4 is 51.4 Å². The second kappa shape index (κ2) is 7.97. The summed E-state index contributed by atoms with van der Waals surface area (Å²) in [6.45, 7) is 1.37. The first-order valence-corrected chi connectivity index (χ1v) is 5.20. The summed E-state index contributed by atoms with van der Waals surface area (Å²) < 4.78 is 28.7. The van der Waals surface area contributed by atoms with Crippen LogP contribution in [0.25, 0.3) is 0 Å².